The number of hydrogen-bond donors (Lipinski definition) is 1. The summed E-state index contributed by atoms with van der Waals surface area (Å²) in [6.07, 6.45) is 2.87. The molecule has 0 amide bonds. The molecule has 0 aliphatic rings. The zero-order chi connectivity index (χ0) is 8.62. The Bertz CT molecular complexity index is 179. The smallest absolute Gasteiger partial charge is 0.268 e. The Kier molecular flexibility index (Phi) is 7.88. The van der Waals surface area contributed by atoms with E-state index in [1.54, 1.807) is 6.08 Å². The first-order chi connectivity index (χ1) is 4.47. The molecule has 0 fully saturated rings. The highest BCUT2D eigenvalue weighted by Gasteiger charge is 1.95. The van der Waals surface area contributed by atoms with Crippen LogP contribution in [0, 0.1) is 0 Å². The van der Waals surface area contributed by atoms with Crippen molar-refractivity contribution >= 4 is 10.1 Å². The predicted molar refractivity (Wildman–Crippen MR) is 42.5 cm³/mol. The molecule has 4 heteroatoms. The van der Waals surface area contributed by atoms with Crippen LogP contribution in [0.1, 0.15) is 6.92 Å². The summed E-state index contributed by atoms with van der Waals surface area (Å²) in [5.41, 5.74) is 0. The van der Waals surface area contributed by atoms with Crippen LogP contribution in [0.5, 0.6) is 0 Å². The Hall–Kier alpha value is -0.610. The predicted octanol–water partition coefficient (Wildman–Crippen LogP) is 1.25. The van der Waals surface area contributed by atoms with Crippen molar-refractivity contribution in [3.8, 4) is 0 Å². The van der Waals surface area contributed by atoms with Crippen LogP contribution in [0.4, 0.5) is 0 Å². The van der Waals surface area contributed by atoms with Gasteiger partial charge in [0.1, 0.15) is 0 Å². The highest BCUT2D eigenvalue weighted by molar-refractivity contribution is 7.85. The van der Waals surface area contributed by atoms with Crippen LogP contribution in [-0.4, -0.2) is 18.7 Å². The molecule has 0 saturated heterocycles. The second-order valence-electron chi connectivity index (χ2n) is 1.45. The molecule has 0 unspecified atom stereocenters. The van der Waals surface area contributed by atoms with Crippen LogP contribution in [0.25, 0.3) is 0 Å². The Morgan fingerprint density at radius 1 is 1.50 bits per heavy atom. The van der Waals surface area contributed by atoms with Gasteiger partial charge in [0.15, 0.2) is 0 Å². The molecule has 0 saturated carbocycles. The fourth-order valence-corrected chi connectivity index (χ4v) is 0.447. The van der Waals surface area contributed by atoms with Crippen molar-refractivity contribution in [2.24, 2.45) is 0 Å². The summed E-state index contributed by atoms with van der Waals surface area (Å²) < 4.78 is 27.3. The molecule has 3 nitrogen and oxygen atoms in total. The zero-order valence-electron chi connectivity index (χ0n) is 5.95. The molecule has 0 aliphatic heterocycles. The van der Waals surface area contributed by atoms with E-state index in [-0.39, 0.29) is 5.75 Å². The van der Waals surface area contributed by atoms with Crippen molar-refractivity contribution < 1.29 is 13.0 Å². The summed E-state index contributed by atoms with van der Waals surface area (Å²) in [6.45, 7) is 8.36. The zero-order valence-corrected chi connectivity index (χ0v) is 6.76. The third kappa shape index (κ3) is 26.3. The van der Waals surface area contributed by atoms with Gasteiger partial charge in [-0.05, 0) is 6.92 Å². The molecule has 0 atom stereocenters. The van der Waals surface area contributed by atoms with E-state index in [1.165, 1.54) is 0 Å². The van der Waals surface area contributed by atoms with Crippen molar-refractivity contribution in [3.63, 3.8) is 0 Å². The standard InChI is InChI=1S/C3H6O3S.C3H6/c1-2-3-7(4,5)6;1-3-2/h2H,1,3H2,(H,4,5,6);3H,1H2,2H3. The minimum atomic E-state index is -3.79. The van der Waals surface area contributed by atoms with Gasteiger partial charge < -0.3 is 0 Å². The highest BCUT2D eigenvalue weighted by Crippen LogP contribution is 1.78. The van der Waals surface area contributed by atoms with Gasteiger partial charge in [0.25, 0.3) is 10.1 Å². The molecule has 0 radical (unpaired) electrons. The minimum Gasteiger partial charge on any atom is -0.285 e. The van der Waals surface area contributed by atoms with Crippen LogP contribution in [0.15, 0.2) is 25.3 Å². The molecule has 1 N–H and O–H groups in total. The Balaban J connectivity index is 0. The molecule has 10 heavy (non-hydrogen) atoms. The maximum atomic E-state index is 9.72. The molecule has 0 aromatic heterocycles. The van der Waals surface area contributed by atoms with Crippen LogP contribution in [0.2, 0.25) is 0 Å². The quantitative estimate of drug-likeness (QED) is 0.493. The summed E-state index contributed by atoms with van der Waals surface area (Å²) >= 11 is 0. The minimum absolute atomic E-state index is 0.368. The first kappa shape index (κ1) is 12.1. The maximum absolute atomic E-state index is 9.72. The highest BCUT2D eigenvalue weighted by atomic mass is 32.2. The SMILES string of the molecule is C=CC.C=CCS(=O)(=O)O. The Labute approximate surface area is 61.8 Å². The second kappa shape index (κ2) is 6.51. The van der Waals surface area contributed by atoms with E-state index < -0.39 is 10.1 Å². The van der Waals surface area contributed by atoms with E-state index in [9.17, 15) is 8.42 Å². The van der Waals surface area contributed by atoms with Gasteiger partial charge in [-0.2, -0.15) is 8.42 Å². The third-order valence-corrected chi connectivity index (χ3v) is 0.985. The first-order valence-electron chi connectivity index (χ1n) is 2.61. The van der Waals surface area contributed by atoms with Gasteiger partial charge in [-0.15, -0.1) is 13.2 Å². The van der Waals surface area contributed by atoms with Crippen LogP contribution in [-0.2, 0) is 10.1 Å². The molecule has 0 rings (SSSR count). The lowest BCUT2D eigenvalue weighted by molar-refractivity contribution is 0.487. The van der Waals surface area contributed by atoms with E-state index in [0.717, 1.165) is 6.08 Å². The van der Waals surface area contributed by atoms with Gasteiger partial charge in [0.05, 0.1) is 5.75 Å². The molecule has 60 valence electrons. The van der Waals surface area contributed by atoms with Gasteiger partial charge in [0.2, 0.25) is 0 Å². The number of allylic oxidation sites excluding steroid dienone is 1. The summed E-state index contributed by atoms with van der Waals surface area (Å²) in [5, 5.41) is 0. The Morgan fingerprint density at radius 2 is 1.80 bits per heavy atom. The molecule has 0 spiro atoms. The van der Waals surface area contributed by atoms with Gasteiger partial charge >= 0.3 is 0 Å². The van der Waals surface area contributed by atoms with Crippen LogP contribution < -0.4 is 0 Å². The lowest BCUT2D eigenvalue weighted by Gasteiger charge is -1.82. The normalized spacial score (nSPS) is 9.00. The fraction of sp³-hybridized carbons (Fsp3) is 0.333. The summed E-state index contributed by atoms with van der Waals surface area (Å²) in [4.78, 5) is 0. The van der Waals surface area contributed by atoms with E-state index in [0.29, 0.717) is 0 Å². The number of hydrogen-bond acceptors (Lipinski definition) is 2. The van der Waals surface area contributed by atoms with Crippen LogP contribution >= 0.6 is 0 Å². The Morgan fingerprint density at radius 3 is 1.80 bits per heavy atom. The molecule has 0 aromatic rings. The lowest BCUT2D eigenvalue weighted by atomic mass is 10.8. The fourth-order valence-electron chi connectivity index (χ4n) is 0.149. The van der Waals surface area contributed by atoms with Crippen molar-refractivity contribution in [2.45, 2.75) is 6.92 Å². The van der Waals surface area contributed by atoms with Gasteiger partial charge in [-0.25, -0.2) is 0 Å². The van der Waals surface area contributed by atoms with E-state index in [1.807, 2.05) is 6.92 Å². The molecule has 0 heterocycles. The summed E-state index contributed by atoms with van der Waals surface area (Å²) in [5.74, 6) is -0.368. The summed E-state index contributed by atoms with van der Waals surface area (Å²) in [6, 6.07) is 0. The van der Waals surface area contributed by atoms with Crippen molar-refractivity contribution in [1.82, 2.24) is 0 Å². The van der Waals surface area contributed by atoms with Crippen molar-refractivity contribution in [2.75, 3.05) is 5.75 Å². The largest absolute Gasteiger partial charge is 0.285 e. The first-order valence-corrected chi connectivity index (χ1v) is 4.22. The van der Waals surface area contributed by atoms with Crippen molar-refractivity contribution in [1.29, 1.82) is 0 Å². The van der Waals surface area contributed by atoms with E-state index >= 15 is 0 Å². The second-order valence-corrected chi connectivity index (χ2v) is 2.94. The topological polar surface area (TPSA) is 54.4 Å². The molecular weight excluding hydrogens is 152 g/mol. The lowest BCUT2D eigenvalue weighted by Crippen LogP contribution is -1.99. The van der Waals surface area contributed by atoms with E-state index in [2.05, 4.69) is 13.2 Å². The average Bonchev–Trinajstić information content (AvgIpc) is 1.63. The monoisotopic (exact) mass is 164 g/mol. The number of rotatable bonds is 2. The molecule has 0 bridgehead atoms. The van der Waals surface area contributed by atoms with Crippen LogP contribution in [0.3, 0.4) is 0 Å². The summed E-state index contributed by atoms with van der Waals surface area (Å²) in [7, 11) is -3.79. The third-order valence-electron chi connectivity index (χ3n) is 0.328. The van der Waals surface area contributed by atoms with Gasteiger partial charge in [0, 0.05) is 0 Å². The van der Waals surface area contributed by atoms with Gasteiger partial charge in [-0.1, -0.05) is 12.2 Å². The maximum Gasteiger partial charge on any atom is 0.268 e. The molecule has 0 aliphatic carbocycles. The molecule has 0 aromatic carbocycles. The molecular formula is C6H12O3S. The van der Waals surface area contributed by atoms with Crippen molar-refractivity contribution in [3.05, 3.63) is 25.3 Å². The van der Waals surface area contributed by atoms with E-state index in [4.69, 9.17) is 4.55 Å². The van der Waals surface area contributed by atoms with Gasteiger partial charge in [-0.3, -0.25) is 4.55 Å². The average molecular weight is 164 g/mol.